The Morgan fingerprint density at radius 1 is 0.803 bits per heavy atom. The van der Waals surface area contributed by atoms with Gasteiger partial charge in [-0.3, -0.25) is 52.7 Å². The number of Topliss-reactive ketones (excluding diaryl/α,β-unsaturated/α-hetero) is 3. The highest BCUT2D eigenvalue weighted by Gasteiger charge is 2.42. The second kappa shape index (κ2) is 26.8. The first-order chi connectivity index (χ1) is 33.1. The fourth-order valence-electron chi connectivity index (χ4n) is 8.57. The molecular formula is C48H72N8O14S. The third-order valence-electron chi connectivity index (χ3n) is 12.8. The van der Waals surface area contributed by atoms with E-state index in [9.17, 15) is 66.3 Å². The summed E-state index contributed by atoms with van der Waals surface area (Å²) in [5, 5.41) is 20.2. The van der Waals surface area contributed by atoms with Gasteiger partial charge in [-0.1, -0.05) is 46.2 Å². The molecule has 1 aliphatic heterocycles. The third-order valence-corrected chi connectivity index (χ3v) is 14.5. The van der Waals surface area contributed by atoms with Gasteiger partial charge < -0.3 is 48.5 Å². The fourth-order valence-corrected chi connectivity index (χ4v) is 9.87. The number of primary amides is 3. The van der Waals surface area contributed by atoms with Gasteiger partial charge in [0.2, 0.25) is 47.3 Å². The maximum atomic E-state index is 14.6. The molecule has 1 saturated heterocycles. The van der Waals surface area contributed by atoms with Crippen molar-refractivity contribution in [1.82, 2.24) is 26.2 Å². The lowest BCUT2D eigenvalue weighted by Crippen LogP contribution is -2.58. The van der Waals surface area contributed by atoms with Crippen LogP contribution in [0.15, 0.2) is 24.3 Å². The van der Waals surface area contributed by atoms with E-state index in [1.165, 1.54) is 31.2 Å². The third kappa shape index (κ3) is 19.8. The first kappa shape index (κ1) is 59.1. The van der Waals surface area contributed by atoms with Crippen LogP contribution in [0.1, 0.15) is 124 Å². The van der Waals surface area contributed by atoms with Crippen molar-refractivity contribution in [3.8, 4) is 5.75 Å². The second-order valence-electron chi connectivity index (χ2n) is 19.6. The normalized spacial score (nSPS) is 23.2. The minimum Gasteiger partial charge on any atom is -0.508 e. The van der Waals surface area contributed by atoms with Crippen molar-refractivity contribution in [1.29, 1.82) is 0 Å². The minimum atomic E-state index is -4.25. The van der Waals surface area contributed by atoms with E-state index in [2.05, 4.69) is 21.3 Å². The predicted octanol–water partition coefficient (Wildman–Crippen LogP) is -0.318. The van der Waals surface area contributed by atoms with Crippen LogP contribution in [0.25, 0.3) is 0 Å². The molecule has 8 amide bonds. The van der Waals surface area contributed by atoms with Crippen LogP contribution in [0.2, 0.25) is 0 Å². The molecule has 1 saturated carbocycles. The van der Waals surface area contributed by atoms with E-state index in [0.29, 0.717) is 24.8 Å². The number of nitrogens with zero attached hydrogens (tertiary/aromatic N) is 1. The minimum absolute atomic E-state index is 0.0674. The van der Waals surface area contributed by atoms with Crippen LogP contribution in [0.3, 0.4) is 0 Å². The Morgan fingerprint density at radius 2 is 1.42 bits per heavy atom. The van der Waals surface area contributed by atoms with E-state index < -0.39 is 178 Å². The van der Waals surface area contributed by atoms with Crippen molar-refractivity contribution >= 4 is 74.4 Å². The van der Waals surface area contributed by atoms with Crippen molar-refractivity contribution in [2.45, 2.75) is 154 Å². The summed E-state index contributed by atoms with van der Waals surface area (Å²) in [6.07, 6.45) is -3.31. The van der Waals surface area contributed by atoms with E-state index >= 15 is 0 Å². The Labute approximate surface area is 414 Å². The summed E-state index contributed by atoms with van der Waals surface area (Å²) >= 11 is 0. The lowest BCUT2D eigenvalue weighted by Gasteiger charge is -2.33. The van der Waals surface area contributed by atoms with Gasteiger partial charge in [-0.2, -0.15) is 0 Å². The quantitative estimate of drug-likeness (QED) is 0.0831. The summed E-state index contributed by atoms with van der Waals surface area (Å²) < 4.78 is 27.4. The summed E-state index contributed by atoms with van der Waals surface area (Å²) in [6, 6.07) is 0.717. The highest BCUT2D eigenvalue weighted by Crippen LogP contribution is 2.29. The lowest BCUT2D eigenvalue weighted by molar-refractivity contribution is -0.142. The number of sulfone groups is 1. The number of phenols is 1. The van der Waals surface area contributed by atoms with E-state index in [1.807, 2.05) is 13.8 Å². The highest BCUT2D eigenvalue weighted by molar-refractivity contribution is 7.91. The fraction of sp³-hybridized carbons (Fsp3) is 0.646. The van der Waals surface area contributed by atoms with Gasteiger partial charge in [-0.05, 0) is 75.0 Å². The van der Waals surface area contributed by atoms with Crippen LogP contribution in [0.5, 0.6) is 5.75 Å². The SMILES string of the molecule is CC[C@H](C)[C@@H]1CC(=O)[C@H](Cc2ccc(O)cc2)NC(=O)CCS(=O)(=O)CC[C@@H](C(=O)N(CC(=O)N[C@@](C)(CC(C)C)C(=O)CCC(N)=O)C2CC2)NC(=O)[C@H](CC(N)=O)CC(=O)[C@H](CCC(N)=O)NC1=O. The molecule has 11 N–H and O–H groups in total. The number of benzene rings is 1. The number of amides is 8. The van der Waals surface area contributed by atoms with Gasteiger partial charge in [0.05, 0.1) is 41.6 Å². The van der Waals surface area contributed by atoms with Crippen LogP contribution in [-0.4, -0.2) is 131 Å². The number of carbonyl (C=O) groups is 11. The van der Waals surface area contributed by atoms with Gasteiger partial charge in [-0.15, -0.1) is 0 Å². The van der Waals surface area contributed by atoms with Gasteiger partial charge in [-0.25, -0.2) is 8.42 Å². The molecule has 7 atom stereocenters. The Kier molecular flexibility index (Phi) is 22.3. The maximum Gasteiger partial charge on any atom is 0.245 e. The number of nitrogens with one attached hydrogen (secondary N) is 4. The van der Waals surface area contributed by atoms with Crippen LogP contribution in [-0.2, 0) is 69.0 Å². The monoisotopic (exact) mass is 1020 g/mol. The first-order valence-corrected chi connectivity index (χ1v) is 25.9. The van der Waals surface area contributed by atoms with E-state index in [4.69, 9.17) is 17.2 Å². The van der Waals surface area contributed by atoms with Crippen LogP contribution in [0, 0.1) is 23.7 Å². The Hall–Kier alpha value is -6.26. The Morgan fingerprint density at radius 3 is 1.99 bits per heavy atom. The number of ketones is 3. The molecule has 1 aliphatic carbocycles. The topological polar surface area (TPSA) is 372 Å². The molecule has 71 heavy (non-hydrogen) atoms. The van der Waals surface area contributed by atoms with E-state index in [1.54, 1.807) is 13.8 Å². The van der Waals surface area contributed by atoms with E-state index in [-0.39, 0.29) is 43.8 Å². The molecule has 2 aliphatic rings. The molecular weight excluding hydrogens is 945 g/mol. The molecule has 1 aromatic rings. The molecule has 1 heterocycles. The van der Waals surface area contributed by atoms with Gasteiger partial charge in [0.1, 0.15) is 11.8 Å². The van der Waals surface area contributed by atoms with Crippen molar-refractivity contribution in [2.75, 3.05) is 18.1 Å². The molecule has 22 nitrogen and oxygen atoms in total. The number of hydrogen-bond donors (Lipinski definition) is 8. The van der Waals surface area contributed by atoms with Crippen LogP contribution < -0.4 is 38.5 Å². The molecule has 0 radical (unpaired) electrons. The zero-order valence-electron chi connectivity index (χ0n) is 41.3. The Bertz CT molecular complexity index is 2270. The number of aromatic hydroxyl groups is 1. The molecule has 1 aromatic carbocycles. The predicted molar refractivity (Wildman–Crippen MR) is 258 cm³/mol. The van der Waals surface area contributed by atoms with Gasteiger partial charge >= 0.3 is 0 Å². The molecule has 2 fully saturated rings. The van der Waals surface area contributed by atoms with Crippen molar-refractivity contribution in [2.24, 2.45) is 40.9 Å². The summed E-state index contributed by atoms with van der Waals surface area (Å²) in [4.78, 5) is 149. The number of rotatable bonds is 20. The second-order valence-corrected chi connectivity index (χ2v) is 21.9. The Balaban J connectivity index is 2.11. The summed E-state index contributed by atoms with van der Waals surface area (Å²) in [6.45, 7) is 7.92. The summed E-state index contributed by atoms with van der Waals surface area (Å²) in [5.41, 5.74) is 15.2. The maximum absolute atomic E-state index is 14.6. The lowest BCUT2D eigenvalue weighted by atomic mass is 9.84. The van der Waals surface area contributed by atoms with Gasteiger partial charge in [0, 0.05) is 56.9 Å². The summed E-state index contributed by atoms with van der Waals surface area (Å²) in [7, 11) is -4.25. The highest BCUT2D eigenvalue weighted by atomic mass is 32.2. The number of hydrogen-bond acceptors (Lipinski definition) is 14. The first-order valence-electron chi connectivity index (χ1n) is 24.1. The molecule has 0 bridgehead atoms. The number of carbonyl (C=O) groups excluding carboxylic acids is 11. The molecule has 0 unspecified atom stereocenters. The molecule has 0 spiro atoms. The largest absolute Gasteiger partial charge is 0.508 e. The average Bonchev–Trinajstić information content (AvgIpc) is 4.13. The molecule has 3 rings (SSSR count). The number of phenolic OH excluding ortho intramolecular Hbond substituents is 1. The average molecular weight is 1020 g/mol. The molecule has 0 aromatic heterocycles. The van der Waals surface area contributed by atoms with Crippen LogP contribution >= 0.6 is 0 Å². The van der Waals surface area contributed by atoms with E-state index in [0.717, 1.165) is 4.90 Å². The van der Waals surface area contributed by atoms with Crippen molar-refractivity contribution in [3.63, 3.8) is 0 Å². The van der Waals surface area contributed by atoms with Crippen LogP contribution in [0.4, 0.5) is 0 Å². The number of nitrogens with two attached hydrogens (primary N) is 3. The van der Waals surface area contributed by atoms with Crippen molar-refractivity contribution in [3.05, 3.63) is 29.8 Å². The zero-order valence-corrected chi connectivity index (χ0v) is 42.1. The molecule has 23 heteroatoms. The van der Waals surface area contributed by atoms with Crippen molar-refractivity contribution < 1.29 is 66.3 Å². The van der Waals surface area contributed by atoms with Gasteiger partial charge in [0.25, 0.3) is 0 Å². The summed E-state index contributed by atoms with van der Waals surface area (Å²) in [5.74, 6) is -13.9. The zero-order chi connectivity index (χ0) is 53.4. The van der Waals surface area contributed by atoms with Gasteiger partial charge in [0.15, 0.2) is 27.2 Å². The smallest absolute Gasteiger partial charge is 0.245 e. The standard InChI is InChI=1S/C48H72N8O14S/c1-6-28(4)33-24-38(59)36(21-29-7-11-32(57)12-8-29)52-43(64)18-20-71(69,70)19-17-35(54-45(66)30(23-42(51)63)22-37(58)34(53-46(33)67)13-15-40(49)61)47(68)56(31-9-10-31)26-44(65)55-48(5,25-27(2)3)39(60)14-16-41(50)62/h7-8,11-12,27-28,30-31,33-36,57H,6,9-10,13-26H2,1-5H3,(H2,49,61)(H2,50,62)(H2,51,63)(H,52,64)(H,53,67)(H,54,66)(H,55,65)/t28-,30-,33-,34-,35-,36-,48-/m0/s1. The molecule has 394 valence electrons.